The molecule has 0 aromatic carbocycles. The summed E-state index contributed by atoms with van der Waals surface area (Å²) in [7, 11) is 2.11. The Morgan fingerprint density at radius 3 is 2.94 bits per heavy atom. The van der Waals surface area contributed by atoms with Crippen molar-refractivity contribution in [1.29, 1.82) is 0 Å². The maximum atomic E-state index is 6.46. The first kappa shape index (κ1) is 11.7. The van der Waals surface area contributed by atoms with Crippen LogP contribution in [0.1, 0.15) is 12.1 Å². The SMILES string of the molecule is CN1CCCn2nc(-c3ccccn3)c(Cl)c2C1. The molecule has 0 saturated carbocycles. The van der Waals surface area contributed by atoms with Crippen molar-refractivity contribution in [2.75, 3.05) is 13.6 Å². The lowest BCUT2D eigenvalue weighted by atomic mass is 10.2. The van der Waals surface area contributed by atoms with Crippen LogP contribution in [0.15, 0.2) is 24.4 Å². The fourth-order valence-electron chi connectivity index (χ4n) is 2.30. The van der Waals surface area contributed by atoms with Crippen LogP contribution in [0, 0.1) is 0 Å². The molecule has 0 saturated heterocycles. The Morgan fingerprint density at radius 2 is 2.17 bits per heavy atom. The zero-order valence-electron chi connectivity index (χ0n) is 10.3. The first-order valence-electron chi connectivity index (χ1n) is 6.11. The predicted molar refractivity (Wildman–Crippen MR) is 71.4 cm³/mol. The van der Waals surface area contributed by atoms with Gasteiger partial charge in [-0.3, -0.25) is 9.67 Å². The molecule has 4 nitrogen and oxygen atoms in total. The molecule has 0 atom stereocenters. The lowest BCUT2D eigenvalue weighted by Gasteiger charge is -2.11. The number of nitrogens with zero attached hydrogens (tertiary/aromatic N) is 4. The predicted octanol–water partition coefficient (Wildman–Crippen LogP) is 2.43. The van der Waals surface area contributed by atoms with E-state index in [2.05, 4.69) is 22.0 Å². The molecule has 3 rings (SSSR count). The van der Waals surface area contributed by atoms with E-state index in [0.29, 0.717) is 0 Å². The van der Waals surface area contributed by atoms with Gasteiger partial charge in [-0.2, -0.15) is 5.10 Å². The van der Waals surface area contributed by atoms with Crippen molar-refractivity contribution in [2.24, 2.45) is 0 Å². The third-order valence-corrected chi connectivity index (χ3v) is 3.63. The highest BCUT2D eigenvalue weighted by Gasteiger charge is 2.21. The standard InChI is InChI=1S/C13H15ClN4/c1-17-7-4-8-18-11(9-17)12(14)13(16-18)10-5-2-3-6-15-10/h2-3,5-6H,4,7-9H2,1H3. The van der Waals surface area contributed by atoms with Crippen LogP contribution in [0.2, 0.25) is 5.02 Å². The molecule has 0 fully saturated rings. The highest BCUT2D eigenvalue weighted by Crippen LogP contribution is 2.30. The fourth-order valence-corrected chi connectivity index (χ4v) is 2.59. The first-order valence-corrected chi connectivity index (χ1v) is 6.48. The molecular formula is C13H15ClN4. The Bertz CT molecular complexity index is 550. The largest absolute Gasteiger partial charge is 0.300 e. The summed E-state index contributed by atoms with van der Waals surface area (Å²) in [5, 5.41) is 5.35. The molecule has 0 amide bonds. The number of aromatic nitrogens is 3. The zero-order valence-corrected chi connectivity index (χ0v) is 11.1. The molecular weight excluding hydrogens is 248 g/mol. The minimum absolute atomic E-state index is 0.738. The van der Waals surface area contributed by atoms with Crippen molar-refractivity contribution in [2.45, 2.75) is 19.5 Å². The third-order valence-electron chi connectivity index (χ3n) is 3.23. The van der Waals surface area contributed by atoms with Crippen molar-refractivity contribution >= 4 is 11.6 Å². The van der Waals surface area contributed by atoms with Gasteiger partial charge in [-0.1, -0.05) is 17.7 Å². The second-order valence-electron chi connectivity index (χ2n) is 4.64. The molecule has 0 spiro atoms. The van der Waals surface area contributed by atoms with Gasteiger partial charge in [0.1, 0.15) is 5.69 Å². The van der Waals surface area contributed by atoms with E-state index in [0.717, 1.165) is 48.2 Å². The Balaban J connectivity index is 2.06. The molecule has 18 heavy (non-hydrogen) atoms. The van der Waals surface area contributed by atoms with Crippen LogP contribution in [0.25, 0.3) is 11.4 Å². The van der Waals surface area contributed by atoms with E-state index in [1.807, 2.05) is 22.9 Å². The van der Waals surface area contributed by atoms with E-state index in [1.165, 1.54) is 0 Å². The summed E-state index contributed by atoms with van der Waals surface area (Å²) in [4.78, 5) is 6.59. The van der Waals surface area contributed by atoms with Crippen molar-refractivity contribution < 1.29 is 0 Å². The molecule has 1 aliphatic rings. The van der Waals surface area contributed by atoms with Crippen LogP contribution in [-0.4, -0.2) is 33.3 Å². The van der Waals surface area contributed by atoms with Crippen molar-refractivity contribution in [3.8, 4) is 11.4 Å². The summed E-state index contributed by atoms with van der Waals surface area (Å²) in [5.41, 5.74) is 2.73. The van der Waals surface area contributed by atoms with Gasteiger partial charge in [0.05, 0.1) is 16.4 Å². The molecule has 0 N–H and O–H groups in total. The molecule has 94 valence electrons. The van der Waals surface area contributed by atoms with Gasteiger partial charge in [0.15, 0.2) is 0 Å². The maximum Gasteiger partial charge on any atom is 0.130 e. The minimum atomic E-state index is 0.738. The van der Waals surface area contributed by atoms with E-state index < -0.39 is 0 Å². The summed E-state index contributed by atoms with van der Waals surface area (Å²) >= 11 is 6.46. The second-order valence-corrected chi connectivity index (χ2v) is 5.02. The number of fused-ring (bicyclic) bond motifs is 1. The quantitative estimate of drug-likeness (QED) is 0.792. The smallest absolute Gasteiger partial charge is 0.130 e. The molecule has 3 heterocycles. The van der Waals surface area contributed by atoms with Crippen molar-refractivity contribution in [3.63, 3.8) is 0 Å². The fraction of sp³-hybridized carbons (Fsp3) is 0.385. The van der Waals surface area contributed by atoms with Gasteiger partial charge in [0.25, 0.3) is 0 Å². The molecule has 1 aliphatic heterocycles. The van der Waals surface area contributed by atoms with Crippen LogP contribution in [0.4, 0.5) is 0 Å². The molecule has 0 radical (unpaired) electrons. The Morgan fingerprint density at radius 1 is 1.28 bits per heavy atom. The highest BCUT2D eigenvalue weighted by molar-refractivity contribution is 6.33. The second kappa shape index (κ2) is 4.71. The van der Waals surface area contributed by atoms with E-state index in [4.69, 9.17) is 11.6 Å². The Labute approximate surface area is 111 Å². The third kappa shape index (κ3) is 2.02. The van der Waals surface area contributed by atoms with E-state index >= 15 is 0 Å². The van der Waals surface area contributed by atoms with Gasteiger partial charge in [-0.05, 0) is 25.6 Å². The number of pyridine rings is 1. The number of aryl methyl sites for hydroxylation is 1. The van der Waals surface area contributed by atoms with E-state index in [9.17, 15) is 0 Å². The summed E-state index contributed by atoms with van der Waals surface area (Å²) in [6.45, 7) is 2.85. The number of halogens is 1. The Hall–Kier alpha value is -1.39. The average Bonchev–Trinajstić information content (AvgIpc) is 2.58. The van der Waals surface area contributed by atoms with Gasteiger partial charge in [-0.25, -0.2) is 0 Å². The lowest BCUT2D eigenvalue weighted by molar-refractivity contribution is 0.332. The number of hydrogen-bond donors (Lipinski definition) is 0. The summed E-state index contributed by atoms with van der Waals surface area (Å²) in [6.07, 6.45) is 2.87. The van der Waals surface area contributed by atoms with Gasteiger partial charge < -0.3 is 4.90 Å². The lowest BCUT2D eigenvalue weighted by Crippen LogP contribution is -2.17. The van der Waals surface area contributed by atoms with E-state index in [-0.39, 0.29) is 0 Å². The van der Waals surface area contributed by atoms with Crippen LogP contribution >= 0.6 is 11.6 Å². The normalized spacial score (nSPS) is 16.3. The van der Waals surface area contributed by atoms with Crippen LogP contribution in [0.5, 0.6) is 0 Å². The molecule has 0 bridgehead atoms. The average molecular weight is 263 g/mol. The van der Waals surface area contributed by atoms with Gasteiger partial charge >= 0.3 is 0 Å². The van der Waals surface area contributed by atoms with Gasteiger partial charge in [-0.15, -0.1) is 0 Å². The van der Waals surface area contributed by atoms with Crippen molar-refractivity contribution in [1.82, 2.24) is 19.7 Å². The molecule has 2 aromatic heterocycles. The summed E-state index contributed by atoms with van der Waals surface area (Å²) < 4.78 is 2.02. The minimum Gasteiger partial charge on any atom is -0.300 e. The highest BCUT2D eigenvalue weighted by atomic mass is 35.5. The Kier molecular flexibility index (Phi) is 3.06. The zero-order chi connectivity index (χ0) is 12.5. The molecule has 0 unspecified atom stereocenters. The maximum absolute atomic E-state index is 6.46. The number of rotatable bonds is 1. The molecule has 0 aliphatic carbocycles. The number of hydrogen-bond acceptors (Lipinski definition) is 3. The van der Waals surface area contributed by atoms with Crippen LogP contribution < -0.4 is 0 Å². The van der Waals surface area contributed by atoms with Gasteiger partial charge in [0, 0.05) is 25.8 Å². The monoisotopic (exact) mass is 262 g/mol. The summed E-state index contributed by atoms with van der Waals surface area (Å²) in [5.74, 6) is 0. The summed E-state index contributed by atoms with van der Waals surface area (Å²) in [6, 6.07) is 5.79. The van der Waals surface area contributed by atoms with Crippen molar-refractivity contribution in [3.05, 3.63) is 35.1 Å². The van der Waals surface area contributed by atoms with Gasteiger partial charge in [0.2, 0.25) is 0 Å². The first-order chi connectivity index (χ1) is 8.75. The molecule has 5 heteroatoms. The van der Waals surface area contributed by atoms with Crippen LogP contribution in [0.3, 0.4) is 0 Å². The van der Waals surface area contributed by atoms with E-state index in [1.54, 1.807) is 6.20 Å². The van der Waals surface area contributed by atoms with Crippen LogP contribution in [-0.2, 0) is 13.1 Å². The topological polar surface area (TPSA) is 34.0 Å². The molecule has 2 aromatic rings.